The van der Waals surface area contributed by atoms with E-state index >= 15 is 0 Å². The van der Waals surface area contributed by atoms with Crippen molar-refractivity contribution in [1.29, 1.82) is 0 Å². The number of hydrogen-bond donors (Lipinski definition) is 2. The minimum Gasteiger partial charge on any atom is -0.322 e. The Morgan fingerprint density at radius 2 is 1.61 bits per heavy atom. The number of halogens is 3. The van der Waals surface area contributed by atoms with Crippen LogP contribution in [0.25, 0.3) is 0 Å². The molecule has 5 rings (SSSR count). The SMILES string of the molecule is Cc1ccc(S(=O)(=O)NC2C3CCC2Cc2cc(NC(=O)c4ccc(C(F)(F)F)cc4)ccc2C3)s1. The standard InChI is InChI=1S/C26H25F3N2O3S2/c1-15-2-11-23(35-15)36(33,34)31-24-18-3-4-19(24)13-20-14-22(10-7-17(20)12-18)30-25(32)16-5-8-21(9-6-16)26(27,28)29/h2,5-11,14,18-19,24,31H,3-4,12-13H2,1H3,(H,30,32). The summed E-state index contributed by atoms with van der Waals surface area (Å²) >= 11 is 1.26. The number of aryl methyl sites for hydroxylation is 1. The molecule has 1 fully saturated rings. The van der Waals surface area contributed by atoms with E-state index in [1.807, 2.05) is 19.1 Å². The van der Waals surface area contributed by atoms with E-state index in [-0.39, 0.29) is 23.4 Å². The van der Waals surface area contributed by atoms with Gasteiger partial charge in [-0.1, -0.05) is 6.07 Å². The first-order valence-corrected chi connectivity index (χ1v) is 14.0. The van der Waals surface area contributed by atoms with Crippen molar-refractivity contribution in [2.45, 2.75) is 49.0 Å². The van der Waals surface area contributed by atoms with Gasteiger partial charge in [0.05, 0.1) is 5.56 Å². The van der Waals surface area contributed by atoms with Crippen molar-refractivity contribution in [3.63, 3.8) is 0 Å². The molecule has 0 saturated heterocycles. The second kappa shape index (κ2) is 9.32. The lowest BCUT2D eigenvalue weighted by Gasteiger charge is -2.23. The third kappa shape index (κ3) is 5.07. The Morgan fingerprint density at radius 1 is 0.944 bits per heavy atom. The average molecular weight is 535 g/mol. The van der Waals surface area contributed by atoms with Gasteiger partial charge in [0.25, 0.3) is 5.91 Å². The van der Waals surface area contributed by atoms with E-state index in [2.05, 4.69) is 10.0 Å². The summed E-state index contributed by atoms with van der Waals surface area (Å²) in [6, 6.07) is 13.0. The number of alkyl halides is 3. The Morgan fingerprint density at radius 3 is 2.22 bits per heavy atom. The largest absolute Gasteiger partial charge is 0.416 e. The van der Waals surface area contributed by atoms with Gasteiger partial charge in [-0.05, 0) is 104 Å². The molecule has 3 unspecified atom stereocenters. The highest BCUT2D eigenvalue weighted by Gasteiger charge is 2.41. The normalized spacial score (nSPS) is 21.6. The quantitative estimate of drug-likeness (QED) is 0.435. The number of benzene rings is 2. The number of carbonyl (C=O) groups excluding carboxylic acids is 1. The molecule has 1 amide bonds. The van der Waals surface area contributed by atoms with E-state index in [9.17, 15) is 26.4 Å². The van der Waals surface area contributed by atoms with Crippen LogP contribution in [0, 0.1) is 18.8 Å². The van der Waals surface area contributed by atoms with Gasteiger partial charge in [0.1, 0.15) is 4.21 Å². The van der Waals surface area contributed by atoms with Gasteiger partial charge in [0, 0.05) is 22.2 Å². The highest BCUT2D eigenvalue weighted by atomic mass is 32.2. The molecule has 3 aromatic rings. The zero-order chi connectivity index (χ0) is 25.7. The average Bonchev–Trinajstić information content (AvgIpc) is 3.37. The van der Waals surface area contributed by atoms with E-state index in [4.69, 9.17) is 0 Å². The van der Waals surface area contributed by atoms with Crippen LogP contribution in [0.2, 0.25) is 0 Å². The van der Waals surface area contributed by atoms with Crippen LogP contribution in [0.1, 0.15) is 44.8 Å². The molecule has 0 aliphatic heterocycles. The maximum absolute atomic E-state index is 13.0. The van der Waals surface area contributed by atoms with Gasteiger partial charge in [0.15, 0.2) is 0 Å². The summed E-state index contributed by atoms with van der Waals surface area (Å²) in [7, 11) is -3.59. The number of hydrogen-bond acceptors (Lipinski definition) is 4. The monoisotopic (exact) mass is 534 g/mol. The number of fused-ring (bicyclic) bond motifs is 3. The number of thiophene rings is 1. The first-order chi connectivity index (χ1) is 17.0. The Hall–Kier alpha value is -2.69. The van der Waals surface area contributed by atoms with Gasteiger partial charge in [0.2, 0.25) is 10.0 Å². The van der Waals surface area contributed by atoms with Crippen LogP contribution in [-0.4, -0.2) is 20.4 Å². The van der Waals surface area contributed by atoms with E-state index in [0.717, 1.165) is 59.5 Å². The van der Waals surface area contributed by atoms with Crippen molar-refractivity contribution in [2.75, 3.05) is 5.32 Å². The highest BCUT2D eigenvalue weighted by molar-refractivity contribution is 7.91. The van der Waals surface area contributed by atoms with Crippen LogP contribution in [0.15, 0.2) is 58.8 Å². The summed E-state index contributed by atoms with van der Waals surface area (Å²) in [5.74, 6) is -0.150. The molecule has 3 atom stereocenters. The van der Waals surface area contributed by atoms with Gasteiger partial charge in [-0.3, -0.25) is 4.79 Å². The van der Waals surface area contributed by atoms with Crippen LogP contribution >= 0.6 is 11.3 Å². The van der Waals surface area contributed by atoms with Crippen LogP contribution < -0.4 is 10.0 Å². The molecule has 2 aromatic carbocycles. The maximum Gasteiger partial charge on any atom is 0.416 e. The summed E-state index contributed by atoms with van der Waals surface area (Å²) in [5, 5.41) is 2.77. The van der Waals surface area contributed by atoms with E-state index < -0.39 is 27.7 Å². The minimum atomic E-state index is -4.46. The van der Waals surface area contributed by atoms with Gasteiger partial charge in [-0.15, -0.1) is 11.3 Å². The van der Waals surface area contributed by atoms with Crippen LogP contribution in [-0.2, 0) is 29.0 Å². The van der Waals surface area contributed by atoms with Gasteiger partial charge in [-0.25, -0.2) is 13.1 Å². The molecule has 1 aromatic heterocycles. The van der Waals surface area contributed by atoms with E-state index in [0.29, 0.717) is 16.3 Å². The molecular formula is C26H25F3N2O3S2. The van der Waals surface area contributed by atoms with Crippen LogP contribution in [0.4, 0.5) is 18.9 Å². The van der Waals surface area contributed by atoms with Crippen molar-refractivity contribution in [2.24, 2.45) is 11.8 Å². The molecule has 2 bridgehead atoms. The third-order valence-electron chi connectivity index (χ3n) is 7.10. The predicted octanol–water partition coefficient (Wildman–Crippen LogP) is 5.80. The summed E-state index contributed by atoms with van der Waals surface area (Å²) < 4.78 is 67.7. The van der Waals surface area contributed by atoms with Crippen LogP contribution in [0.3, 0.4) is 0 Å². The number of amides is 1. The fourth-order valence-electron chi connectivity index (χ4n) is 5.29. The van der Waals surface area contributed by atoms with Gasteiger partial charge >= 0.3 is 6.18 Å². The molecule has 2 aliphatic rings. The fourth-order valence-corrected chi connectivity index (χ4v) is 7.96. The number of rotatable bonds is 5. The van der Waals surface area contributed by atoms with Crippen molar-refractivity contribution in [1.82, 2.24) is 4.72 Å². The second-order valence-corrected chi connectivity index (χ2v) is 12.8. The minimum absolute atomic E-state index is 0.135. The van der Waals surface area contributed by atoms with Crippen molar-refractivity contribution in [3.05, 3.63) is 81.7 Å². The zero-order valence-electron chi connectivity index (χ0n) is 19.4. The molecular weight excluding hydrogens is 509 g/mol. The topological polar surface area (TPSA) is 75.3 Å². The van der Waals surface area contributed by atoms with E-state index in [1.165, 1.54) is 11.3 Å². The third-order valence-corrected chi connectivity index (χ3v) is 10.1. The molecule has 2 aliphatic carbocycles. The second-order valence-electron chi connectivity index (χ2n) is 9.53. The fraction of sp³-hybridized carbons (Fsp3) is 0.346. The number of carbonyl (C=O) groups is 1. The molecule has 2 N–H and O–H groups in total. The lowest BCUT2D eigenvalue weighted by Crippen LogP contribution is -2.41. The Kier molecular flexibility index (Phi) is 6.46. The van der Waals surface area contributed by atoms with E-state index in [1.54, 1.807) is 18.2 Å². The lowest BCUT2D eigenvalue weighted by molar-refractivity contribution is -0.137. The highest BCUT2D eigenvalue weighted by Crippen LogP contribution is 2.41. The smallest absolute Gasteiger partial charge is 0.322 e. The number of nitrogens with one attached hydrogen (secondary N) is 2. The first-order valence-electron chi connectivity index (χ1n) is 11.7. The van der Waals surface area contributed by atoms with Crippen molar-refractivity contribution in [3.8, 4) is 0 Å². The molecule has 0 spiro atoms. The predicted molar refractivity (Wildman–Crippen MR) is 133 cm³/mol. The summed E-state index contributed by atoms with van der Waals surface area (Å²) in [4.78, 5) is 13.6. The molecule has 0 radical (unpaired) electrons. The Balaban J connectivity index is 1.31. The van der Waals surface area contributed by atoms with Gasteiger partial charge in [-0.2, -0.15) is 13.2 Å². The van der Waals surface area contributed by atoms with Crippen molar-refractivity contribution >= 4 is 33.0 Å². The number of anilines is 1. The van der Waals surface area contributed by atoms with Crippen LogP contribution in [0.5, 0.6) is 0 Å². The Labute approximate surface area is 211 Å². The molecule has 10 heteroatoms. The molecule has 1 saturated carbocycles. The zero-order valence-corrected chi connectivity index (χ0v) is 21.1. The lowest BCUT2D eigenvalue weighted by atomic mass is 9.93. The summed E-state index contributed by atoms with van der Waals surface area (Å²) in [6.07, 6.45) is -1.15. The molecule has 5 nitrogen and oxygen atoms in total. The summed E-state index contributed by atoms with van der Waals surface area (Å²) in [5.41, 5.74) is 2.07. The maximum atomic E-state index is 13.0. The molecule has 190 valence electrons. The molecule has 36 heavy (non-hydrogen) atoms. The Bertz CT molecular complexity index is 1400. The van der Waals surface area contributed by atoms with Gasteiger partial charge < -0.3 is 5.32 Å². The first kappa shape index (κ1) is 25.0. The summed E-state index contributed by atoms with van der Waals surface area (Å²) in [6.45, 7) is 1.88. The molecule has 1 heterocycles. The van der Waals surface area contributed by atoms with Crippen molar-refractivity contribution < 1.29 is 26.4 Å². The number of sulfonamides is 1.